The first kappa shape index (κ1) is 21.1. The van der Waals surface area contributed by atoms with Gasteiger partial charge in [-0.15, -0.1) is 0 Å². The molecule has 1 amide bonds. The number of benzene rings is 1. The summed E-state index contributed by atoms with van der Waals surface area (Å²) in [5.74, 6) is 0.165. The number of ether oxygens (including phenoxy) is 1. The van der Waals surface area contributed by atoms with Crippen molar-refractivity contribution in [2.45, 2.75) is 38.8 Å². The first-order valence-corrected chi connectivity index (χ1v) is 10.5. The molecule has 9 heteroatoms. The average molecular weight is 434 g/mol. The Labute approximate surface area is 181 Å². The van der Waals surface area contributed by atoms with E-state index in [-0.39, 0.29) is 11.5 Å². The minimum atomic E-state index is -1.08. The van der Waals surface area contributed by atoms with Gasteiger partial charge in [0, 0.05) is 43.3 Å². The molecule has 0 atom stereocenters. The molecule has 1 N–H and O–H groups in total. The highest BCUT2D eigenvalue weighted by Gasteiger charge is 2.40. The van der Waals surface area contributed by atoms with Crippen molar-refractivity contribution in [3.63, 3.8) is 0 Å². The zero-order valence-corrected chi connectivity index (χ0v) is 18.6. The summed E-state index contributed by atoms with van der Waals surface area (Å²) in [6, 6.07) is 3.79. The van der Waals surface area contributed by atoms with E-state index in [0.717, 1.165) is 50.5 Å². The zero-order valence-electron chi connectivity index (χ0n) is 17.9. The summed E-state index contributed by atoms with van der Waals surface area (Å²) < 4.78 is 5.40. The molecule has 4 rings (SSSR count). The maximum atomic E-state index is 11.8. The first-order valence-electron chi connectivity index (χ1n) is 10.2. The zero-order chi connectivity index (χ0) is 21.7. The Morgan fingerprint density at radius 2 is 1.90 bits per heavy atom. The van der Waals surface area contributed by atoms with E-state index < -0.39 is 11.6 Å². The van der Waals surface area contributed by atoms with Crippen LogP contribution in [-0.4, -0.2) is 76.5 Å². The van der Waals surface area contributed by atoms with Crippen LogP contribution in [0.5, 0.6) is 0 Å². The average Bonchev–Trinajstić information content (AvgIpc) is 2.64. The second kappa shape index (κ2) is 7.51. The molecule has 1 aromatic heterocycles. The molecule has 0 aliphatic carbocycles. The molecule has 2 saturated heterocycles. The van der Waals surface area contributed by atoms with Crippen LogP contribution >= 0.6 is 11.6 Å². The van der Waals surface area contributed by atoms with Crippen molar-refractivity contribution in [1.82, 2.24) is 14.9 Å². The number of anilines is 2. The number of hydrogen-bond acceptors (Lipinski definition) is 6. The minimum Gasteiger partial charge on any atom is -0.465 e. The SMILES string of the molecule is CC(C)(C)N(C(=O)O)c1ncc2cc(Cl)c(N3CCN(C4(C)COC4)CC3)cc2n1. The summed E-state index contributed by atoms with van der Waals surface area (Å²) in [4.78, 5) is 26.6. The molecule has 0 bridgehead atoms. The van der Waals surface area contributed by atoms with Crippen LogP contribution in [0.25, 0.3) is 10.9 Å². The van der Waals surface area contributed by atoms with E-state index >= 15 is 0 Å². The molecule has 0 radical (unpaired) electrons. The molecule has 30 heavy (non-hydrogen) atoms. The molecule has 2 aliphatic rings. The highest BCUT2D eigenvalue weighted by Crippen LogP contribution is 2.33. The van der Waals surface area contributed by atoms with E-state index in [9.17, 15) is 9.90 Å². The molecule has 3 heterocycles. The molecule has 0 saturated carbocycles. The number of hydrogen-bond donors (Lipinski definition) is 1. The van der Waals surface area contributed by atoms with Gasteiger partial charge in [0.1, 0.15) is 0 Å². The second-order valence-electron chi connectivity index (χ2n) is 9.29. The summed E-state index contributed by atoms with van der Waals surface area (Å²) >= 11 is 6.59. The number of aromatic nitrogens is 2. The van der Waals surface area contributed by atoms with Crippen molar-refractivity contribution in [3.8, 4) is 0 Å². The van der Waals surface area contributed by atoms with Crippen LogP contribution < -0.4 is 9.80 Å². The van der Waals surface area contributed by atoms with Gasteiger partial charge in [-0.1, -0.05) is 11.6 Å². The third-order valence-corrected chi connectivity index (χ3v) is 6.21. The standard InChI is InChI=1S/C21H28ClN5O3/c1-20(2,3)27(19(28)29)18-23-11-14-9-15(22)17(10-16(14)24-18)25-5-7-26(8-6-25)21(4)12-30-13-21/h9-11H,5-8,12-13H2,1-4H3,(H,28,29). The predicted molar refractivity (Wildman–Crippen MR) is 118 cm³/mol. The van der Waals surface area contributed by atoms with Crippen molar-refractivity contribution in [2.75, 3.05) is 49.2 Å². The fraction of sp³-hybridized carbons (Fsp3) is 0.571. The fourth-order valence-electron chi connectivity index (χ4n) is 4.12. The van der Waals surface area contributed by atoms with Crippen LogP contribution in [0.1, 0.15) is 27.7 Å². The van der Waals surface area contributed by atoms with Crippen LogP contribution in [0.2, 0.25) is 5.02 Å². The number of amides is 1. The maximum Gasteiger partial charge on any atom is 0.414 e. The van der Waals surface area contributed by atoms with Crippen molar-refractivity contribution in [1.29, 1.82) is 0 Å². The third kappa shape index (κ3) is 3.79. The van der Waals surface area contributed by atoms with Crippen LogP contribution in [0.4, 0.5) is 16.4 Å². The quantitative estimate of drug-likeness (QED) is 0.793. The Bertz CT molecular complexity index is 965. The summed E-state index contributed by atoms with van der Waals surface area (Å²) in [5, 5.41) is 11.1. The van der Waals surface area contributed by atoms with E-state index in [2.05, 4.69) is 26.7 Å². The lowest BCUT2D eigenvalue weighted by atomic mass is 9.97. The molecule has 0 unspecified atom stereocenters. The van der Waals surface area contributed by atoms with E-state index in [1.54, 1.807) is 6.20 Å². The normalized spacial score (nSPS) is 19.6. The summed E-state index contributed by atoms with van der Waals surface area (Å²) in [5.41, 5.74) is 1.08. The van der Waals surface area contributed by atoms with Gasteiger partial charge in [-0.2, -0.15) is 0 Å². The van der Waals surface area contributed by atoms with Crippen molar-refractivity contribution in [2.24, 2.45) is 0 Å². The summed E-state index contributed by atoms with van der Waals surface area (Å²) in [7, 11) is 0. The van der Waals surface area contributed by atoms with Gasteiger partial charge >= 0.3 is 6.09 Å². The molecule has 0 spiro atoms. The number of nitrogens with zero attached hydrogens (tertiary/aromatic N) is 5. The summed E-state index contributed by atoms with van der Waals surface area (Å²) in [6.07, 6.45) is 0.547. The maximum absolute atomic E-state index is 11.8. The number of piperazine rings is 1. The number of carbonyl (C=O) groups is 1. The van der Waals surface area contributed by atoms with Gasteiger partial charge in [0.05, 0.1) is 35.0 Å². The molecule has 2 aliphatic heterocycles. The molecular formula is C21H28ClN5O3. The van der Waals surface area contributed by atoms with Crippen molar-refractivity contribution in [3.05, 3.63) is 23.4 Å². The van der Waals surface area contributed by atoms with Gasteiger partial charge in [-0.3, -0.25) is 4.90 Å². The van der Waals surface area contributed by atoms with Gasteiger partial charge in [0.2, 0.25) is 5.95 Å². The highest BCUT2D eigenvalue weighted by molar-refractivity contribution is 6.34. The Balaban J connectivity index is 1.61. The number of rotatable bonds is 3. The van der Waals surface area contributed by atoms with Gasteiger partial charge < -0.3 is 14.7 Å². The van der Waals surface area contributed by atoms with Crippen LogP contribution in [0.3, 0.4) is 0 Å². The van der Waals surface area contributed by atoms with Gasteiger partial charge in [-0.05, 0) is 39.8 Å². The monoisotopic (exact) mass is 433 g/mol. The molecular weight excluding hydrogens is 406 g/mol. The molecule has 162 valence electrons. The molecule has 2 fully saturated rings. The van der Waals surface area contributed by atoms with Crippen molar-refractivity contribution < 1.29 is 14.6 Å². The Morgan fingerprint density at radius 1 is 1.23 bits per heavy atom. The summed E-state index contributed by atoms with van der Waals surface area (Å²) in [6.45, 7) is 12.9. The van der Waals surface area contributed by atoms with Crippen LogP contribution in [0.15, 0.2) is 18.3 Å². The second-order valence-corrected chi connectivity index (χ2v) is 9.69. The molecule has 1 aromatic carbocycles. The molecule has 8 nitrogen and oxygen atoms in total. The van der Waals surface area contributed by atoms with Crippen molar-refractivity contribution >= 4 is 40.2 Å². The van der Waals surface area contributed by atoms with E-state index in [0.29, 0.717) is 10.5 Å². The topological polar surface area (TPSA) is 82.0 Å². The predicted octanol–water partition coefficient (Wildman–Crippen LogP) is 3.48. The van der Waals surface area contributed by atoms with Crippen LogP contribution in [0, 0.1) is 0 Å². The lowest BCUT2D eigenvalue weighted by Crippen LogP contribution is -2.64. The van der Waals surface area contributed by atoms with Gasteiger partial charge in [0.25, 0.3) is 0 Å². The highest BCUT2D eigenvalue weighted by atomic mass is 35.5. The van der Waals surface area contributed by atoms with E-state index in [1.165, 1.54) is 4.90 Å². The van der Waals surface area contributed by atoms with E-state index in [4.69, 9.17) is 16.3 Å². The number of carboxylic acid groups (broad SMARTS) is 1. The number of fused-ring (bicyclic) bond motifs is 1. The minimum absolute atomic E-state index is 0.147. The van der Waals surface area contributed by atoms with E-state index in [1.807, 2.05) is 32.9 Å². The Kier molecular flexibility index (Phi) is 5.28. The molecule has 2 aromatic rings. The first-order chi connectivity index (χ1) is 14.1. The third-order valence-electron chi connectivity index (χ3n) is 5.91. The smallest absolute Gasteiger partial charge is 0.414 e. The Morgan fingerprint density at radius 3 is 2.43 bits per heavy atom. The van der Waals surface area contributed by atoms with Crippen LogP contribution in [-0.2, 0) is 4.74 Å². The van der Waals surface area contributed by atoms with Gasteiger partial charge in [0.15, 0.2) is 0 Å². The van der Waals surface area contributed by atoms with Gasteiger partial charge in [-0.25, -0.2) is 19.7 Å². The lowest BCUT2D eigenvalue weighted by Gasteiger charge is -2.50. The number of halogens is 1. The Hall–Kier alpha value is -2.16. The largest absolute Gasteiger partial charge is 0.465 e. The lowest BCUT2D eigenvalue weighted by molar-refractivity contribution is -0.131. The fourth-order valence-corrected chi connectivity index (χ4v) is 4.41.